The molecule has 4 aliphatic rings. The Bertz CT molecular complexity index is 3220. The number of rotatable bonds is 7. The highest BCUT2D eigenvalue weighted by Gasteiger charge is 2.49. The summed E-state index contributed by atoms with van der Waals surface area (Å²) in [7, 11) is 0. The number of nitrogens with zero attached hydrogens (tertiary/aromatic N) is 2. The van der Waals surface area contributed by atoms with Crippen LogP contribution in [0.3, 0.4) is 0 Å². The summed E-state index contributed by atoms with van der Waals surface area (Å²) >= 11 is 0. The Hall–Kier alpha value is -6.58. The number of fused-ring (bicyclic) bond motifs is 8. The van der Waals surface area contributed by atoms with E-state index in [1.165, 1.54) is 137 Å². The largest absolute Gasteiger partial charge is 0.376 e. The summed E-state index contributed by atoms with van der Waals surface area (Å²) in [6.45, 7) is 16.9. The molecular formula is C63H59BN2. The molecule has 2 heterocycles. The standard InChI is InChI=1S/C63H59BN2/c1-8-9-21-41-30-31-56(47(34-41)43-24-15-11-16-25-43)65-58-39-52-48(46-28-19-20-29-51(46)63(52,6)7)38-55(58)64-60-50(35-44(36-59(60)65)42-22-13-10-14-23-42)49-37-53-54(62(4,5)33-32-61(53,2)3)40-57(49)66(64)45-26-17-12-18-27-45/h10-20,22-31,34-40H,8-9,21,32-33H2,1-7H3. The molecule has 0 bridgehead atoms. The molecule has 0 N–H and O–H groups in total. The number of unbranched alkanes of at least 4 members (excludes halogenated alkanes) is 1. The molecule has 0 unspecified atom stereocenters. The molecule has 0 aromatic heterocycles. The van der Waals surface area contributed by atoms with Gasteiger partial charge in [-0.05, 0) is 163 Å². The molecule has 12 rings (SSSR count). The highest BCUT2D eigenvalue weighted by Crippen LogP contribution is 2.56. The van der Waals surface area contributed by atoms with Crippen LogP contribution < -0.4 is 20.6 Å². The van der Waals surface area contributed by atoms with E-state index in [9.17, 15) is 0 Å². The first-order valence-electron chi connectivity index (χ1n) is 24.5. The van der Waals surface area contributed by atoms with E-state index >= 15 is 0 Å². The van der Waals surface area contributed by atoms with Gasteiger partial charge in [-0.3, -0.25) is 0 Å². The van der Waals surface area contributed by atoms with Crippen LogP contribution in [0.25, 0.3) is 44.5 Å². The van der Waals surface area contributed by atoms with Crippen molar-refractivity contribution in [2.75, 3.05) is 9.71 Å². The predicted molar refractivity (Wildman–Crippen MR) is 282 cm³/mol. The second kappa shape index (κ2) is 15.0. The van der Waals surface area contributed by atoms with Crippen LogP contribution in [-0.4, -0.2) is 6.85 Å². The molecule has 2 aliphatic carbocycles. The van der Waals surface area contributed by atoms with Crippen LogP contribution in [0.4, 0.5) is 28.4 Å². The third kappa shape index (κ3) is 6.15. The minimum absolute atomic E-state index is 0.0497. The predicted octanol–water partition coefficient (Wildman–Crippen LogP) is 15.7. The first-order chi connectivity index (χ1) is 31.9. The highest BCUT2D eigenvalue weighted by atomic mass is 15.2. The Labute approximate surface area is 393 Å². The Morgan fingerprint density at radius 3 is 1.80 bits per heavy atom. The summed E-state index contributed by atoms with van der Waals surface area (Å²) < 4.78 is 0. The van der Waals surface area contributed by atoms with Gasteiger partial charge in [-0.25, -0.2) is 0 Å². The van der Waals surface area contributed by atoms with Gasteiger partial charge in [-0.15, -0.1) is 0 Å². The Morgan fingerprint density at radius 1 is 0.455 bits per heavy atom. The van der Waals surface area contributed by atoms with E-state index in [0.717, 1.165) is 6.42 Å². The number of hydrogen-bond donors (Lipinski definition) is 0. The fourth-order valence-corrected chi connectivity index (χ4v) is 12.3. The zero-order chi connectivity index (χ0) is 45.1. The first kappa shape index (κ1) is 40.9. The van der Waals surface area contributed by atoms with Crippen LogP contribution in [0, 0.1) is 0 Å². The number of anilines is 5. The van der Waals surface area contributed by atoms with Gasteiger partial charge in [0.2, 0.25) is 0 Å². The number of aryl methyl sites for hydroxylation is 1. The summed E-state index contributed by atoms with van der Waals surface area (Å²) in [5.41, 5.74) is 26.3. The molecule has 3 heteroatoms. The van der Waals surface area contributed by atoms with Crippen molar-refractivity contribution in [2.45, 2.75) is 96.8 Å². The summed E-state index contributed by atoms with van der Waals surface area (Å²) in [4.78, 5) is 5.41. The third-order valence-electron chi connectivity index (χ3n) is 16.1. The quantitative estimate of drug-likeness (QED) is 0.147. The van der Waals surface area contributed by atoms with Gasteiger partial charge in [-0.1, -0.05) is 170 Å². The maximum Gasteiger partial charge on any atom is 0.333 e. The van der Waals surface area contributed by atoms with E-state index < -0.39 is 0 Å². The lowest BCUT2D eigenvalue weighted by molar-refractivity contribution is 0.332. The average molecular weight is 855 g/mol. The molecule has 0 saturated heterocycles. The summed E-state index contributed by atoms with van der Waals surface area (Å²) in [5.74, 6) is 0. The minimum Gasteiger partial charge on any atom is -0.376 e. The van der Waals surface area contributed by atoms with E-state index in [2.05, 4.69) is 228 Å². The maximum atomic E-state index is 2.72. The van der Waals surface area contributed by atoms with Crippen LogP contribution in [-0.2, 0) is 22.7 Å². The van der Waals surface area contributed by atoms with E-state index in [1.807, 2.05) is 0 Å². The van der Waals surface area contributed by atoms with Gasteiger partial charge >= 0.3 is 6.85 Å². The van der Waals surface area contributed by atoms with Crippen LogP contribution in [0.15, 0.2) is 170 Å². The number of hydrogen-bond acceptors (Lipinski definition) is 2. The second-order valence-corrected chi connectivity index (χ2v) is 21.4. The van der Waals surface area contributed by atoms with Crippen molar-refractivity contribution >= 4 is 46.2 Å². The molecule has 0 saturated carbocycles. The summed E-state index contributed by atoms with van der Waals surface area (Å²) in [6.07, 6.45) is 5.73. The van der Waals surface area contributed by atoms with E-state index in [1.54, 1.807) is 0 Å². The fraction of sp³-hybridized carbons (Fsp3) is 0.238. The molecule has 0 atom stereocenters. The Kier molecular flexibility index (Phi) is 9.28. The fourth-order valence-electron chi connectivity index (χ4n) is 12.3. The molecule has 0 radical (unpaired) electrons. The molecule has 66 heavy (non-hydrogen) atoms. The van der Waals surface area contributed by atoms with Gasteiger partial charge in [0, 0.05) is 39.3 Å². The van der Waals surface area contributed by atoms with Gasteiger partial charge in [0.25, 0.3) is 0 Å². The molecule has 0 amide bonds. The van der Waals surface area contributed by atoms with Gasteiger partial charge in [-0.2, -0.15) is 0 Å². The van der Waals surface area contributed by atoms with E-state index in [4.69, 9.17) is 0 Å². The first-order valence-corrected chi connectivity index (χ1v) is 24.5. The summed E-state index contributed by atoms with van der Waals surface area (Å²) in [6, 6.07) is 65.5. The molecule has 2 nitrogen and oxygen atoms in total. The lowest BCUT2D eigenvalue weighted by Gasteiger charge is -2.48. The normalized spacial score (nSPS) is 16.4. The Morgan fingerprint density at radius 2 is 1.09 bits per heavy atom. The van der Waals surface area contributed by atoms with Crippen LogP contribution in [0.2, 0.25) is 0 Å². The minimum atomic E-state index is -0.175. The average Bonchev–Trinajstić information content (AvgIpc) is 3.57. The van der Waals surface area contributed by atoms with Gasteiger partial charge in [0.05, 0.1) is 5.69 Å². The smallest absolute Gasteiger partial charge is 0.333 e. The van der Waals surface area contributed by atoms with Crippen molar-refractivity contribution in [3.05, 3.63) is 198 Å². The second-order valence-electron chi connectivity index (χ2n) is 21.4. The SMILES string of the molecule is CCCCc1ccc(N2c3cc4c(cc3B3c5c(cc(-c6ccccc6)cc52)-c2cc5c(cc2N3c2ccccc2)C(C)(C)CCC5(C)C)-c2ccccc2C4(C)C)c(-c2ccccc2)c1. The van der Waals surface area contributed by atoms with E-state index in [0.29, 0.717) is 0 Å². The van der Waals surface area contributed by atoms with Crippen molar-refractivity contribution in [3.63, 3.8) is 0 Å². The van der Waals surface area contributed by atoms with Crippen LogP contribution in [0.1, 0.15) is 102 Å². The molecule has 2 aliphatic heterocycles. The molecule has 0 spiro atoms. The van der Waals surface area contributed by atoms with Gasteiger partial charge in [0.15, 0.2) is 0 Å². The summed E-state index contributed by atoms with van der Waals surface area (Å²) in [5, 5.41) is 0. The number of benzene rings is 8. The van der Waals surface area contributed by atoms with Crippen molar-refractivity contribution in [1.82, 2.24) is 0 Å². The lowest BCUT2D eigenvalue weighted by Crippen LogP contribution is -2.61. The molecular weight excluding hydrogens is 796 g/mol. The van der Waals surface area contributed by atoms with Crippen LogP contribution >= 0.6 is 0 Å². The molecule has 324 valence electrons. The lowest BCUT2D eigenvalue weighted by atomic mass is 9.43. The highest BCUT2D eigenvalue weighted by molar-refractivity contribution is 6.93. The van der Waals surface area contributed by atoms with Crippen molar-refractivity contribution in [3.8, 4) is 44.5 Å². The number of para-hydroxylation sites is 1. The molecule has 0 fully saturated rings. The molecule has 8 aromatic carbocycles. The van der Waals surface area contributed by atoms with Gasteiger partial charge in [0.1, 0.15) is 0 Å². The van der Waals surface area contributed by atoms with Crippen molar-refractivity contribution < 1.29 is 0 Å². The zero-order valence-corrected chi connectivity index (χ0v) is 39.7. The van der Waals surface area contributed by atoms with E-state index in [-0.39, 0.29) is 23.1 Å². The monoisotopic (exact) mass is 854 g/mol. The third-order valence-corrected chi connectivity index (χ3v) is 16.1. The van der Waals surface area contributed by atoms with Crippen molar-refractivity contribution in [1.29, 1.82) is 0 Å². The van der Waals surface area contributed by atoms with Crippen molar-refractivity contribution in [2.24, 2.45) is 0 Å². The zero-order valence-electron chi connectivity index (χ0n) is 39.7. The molecule has 8 aromatic rings. The maximum absolute atomic E-state index is 2.72. The Balaban J connectivity index is 1.25. The van der Waals surface area contributed by atoms with Gasteiger partial charge < -0.3 is 9.71 Å². The topological polar surface area (TPSA) is 6.48 Å². The van der Waals surface area contributed by atoms with Crippen LogP contribution in [0.5, 0.6) is 0 Å².